The van der Waals surface area contributed by atoms with Crippen molar-refractivity contribution in [2.24, 2.45) is 0 Å². The molecule has 1 fully saturated rings. The first-order valence-electron chi connectivity index (χ1n) is 12.2. The summed E-state index contributed by atoms with van der Waals surface area (Å²) in [5.41, 5.74) is 3.03. The topological polar surface area (TPSA) is 87.7 Å². The van der Waals surface area contributed by atoms with E-state index in [4.69, 9.17) is 21.1 Å². The molecule has 1 atom stereocenters. The number of hydrogen-bond donors (Lipinski definition) is 1. The van der Waals surface area contributed by atoms with E-state index in [2.05, 4.69) is 5.32 Å². The minimum Gasteiger partial charge on any atom is -0.549 e. The smallest absolute Gasteiger partial charge is 0.549 e. The molecule has 6 nitrogen and oxygen atoms in total. The Bertz CT molecular complexity index is 1550. The van der Waals surface area contributed by atoms with Crippen LogP contribution in [0.25, 0.3) is 21.6 Å². The third-order valence-electron chi connectivity index (χ3n) is 6.92. The molecule has 10 heteroatoms. The van der Waals surface area contributed by atoms with Gasteiger partial charge in [0.25, 0.3) is 0 Å². The molecule has 0 saturated heterocycles. The number of aliphatic carboxylic acids is 1. The van der Waals surface area contributed by atoms with E-state index in [9.17, 15) is 19.1 Å². The second-order valence-corrected chi connectivity index (χ2v) is 10.8. The maximum absolute atomic E-state index is 14.4. The number of thiophene rings is 1. The molecular formula is C30H24ClFNNaO5S. The monoisotopic (exact) mass is 587 g/mol. The summed E-state index contributed by atoms with van der Waals surface area (Å²) in [4.78, 5) is 24.7. The van der Waals surface area contributed by atoms with Gasteiger partial charge in [-0.1, -0.05) is 66.2 Å². The van der Waals surface area contributed by atoms with E-state index < -0.39 is 28.7 Å². The van der Waals surface area contributed by atoms with Crippen LogP contribution < -0.4 is 44.7 Å². The zero-order valence-corrected chi connectivity index (χ0v) is 25.7. The first kappa shape index (κ1) is 30.1. The van der Waals surface area contributed by atoms with E-state index in [1.165, 1.54) is 13.2 Å². The Hall–Kier alpha value is -2.88. The number of benzene rings is 3. The SMILES string of the molecule is COc1cc(-c2sc(F)cc2NC(=O)O[C@H](C)c2ccccc2Cl)ccc1-c1ccc(C2(C(=O)[O-])CC2)cc1.[Na+]. The average Bonchev–Trinajstić information content (AvgIpc) is 3.66. The van der Waals surface area contributed by atoms with Crippen molar-refractivity contribution >= 4 is 40.7 Å². The molecule has 1 amide bonds. The van der Waals surface area contributed by atoms with Crippen LogP contribution in [0.1, 0.15) is 37.0 Å². The van der Waals surface area contributed by atoms with Crippen LogP contribution >= 0.6 is 22.9 Å². The van der Waals surface area contributed by atoms with Gasteiger partial charge >= 0.3 is 35.7 Å². The van der Waals surface area contributed by atoms with Crippen LogP contribution in [0.2, 0.25) is 5.02 Å². The molecule has 40 heavy (non-hydrogen) atoms. The zero-order valence-electron chi connectivity index (χ0n) is 22.1. The summed E-state index contributed by atoms with van der Waals surface area (Å²) in [6.07, 6.45) is -0.201. The van der Waals surface area contributed by atoms with Crippen molar-refractivity contribution in [2.75, 3.05) is 12.4 Å². The third-order valence-corrected chi connectivity index (χ3v) is 8.24. The number of methoxy groups -OCH3 is 1. The van der Waals surface area contributed by atoms with E-state index in [-0.39, 0.29) is 35.2 Å². The maximum atomic E-state index is 14.4. The van der Waals surface area contributed by atoms with Crippen molar-refractivity contribution in [3.05, 3.63) is 94.1 Å². The third kappa shape index (κ3) is 6.06. The van der Waals surface area contributed by atoms with Gasteiger partial charge < -0.3 is 19.4 Å². The molecule has 0 bridgehead atoms. The van der Waals surface area contributed by atoms with E-state index in [0.29, 0.717) is 39.6 Å². The molecule has 3 aromatic carbocycles. The van der Waals surface area contributed by atoms with Gasteiger partial charge in [-0.15, -0.1) is 11.3 Å². The number of carboxylic acid groups (broad SMARTS) is 1. The molecule has 1 N–H and O–H groups in total. The molecule has 0 unspecified atom stereocenters. The van der Waals surface area contributed by atoms with Crippen molar-refractivity contribution in [1.82, 2.24) is 0 Å². The second kappa shape index (κ2) is 12.3. The Kier molecular flexibility index (Phi) is 9.27. The van der Waals surface area contributed by atoms with E-state index >= 15 is 0 Å². The van der Waals surface area contributed by atoms with Gasteiger partial charge in [-0.2, -0.15) is 4.39 Å². The van der Waals surface area contributed by atoms with E-state index in [1.807, 2.05) is 24.3 Å². The van der Waals surface area contributed by atoms with Gasteiger partial charge in [0.05, 0.1) is 23.6 Å². The summed E-state index contributed by atoms with van der Waals surface area (Å²) in [5.74, 6) is -0.511. The minimum atomic E-state index is -1.05. The van der Waals surface area contributed by atoms with Gasteiger partial charge in [0.1, 0.15) is 11.9 Å². The minimum absolute atomic E-state index is 0. The number of carbonyl (C=O) groups excluding carboxylic acids is 2. The van der Waals surface area contributed by atoms with Gasteiger partial charge in [-0.05, 0) is 48.6 Å². The fraction of sp³-hybridized carbons (Fsp3) is 0.200. The van der Waals surface area contributed by atoms with Crippen molar-refractivity contribution in [1.29, 1.82) is 0 Å². The predicted molar refractivity (Wildman–Crippen MR) is 148 cm³/mol. The van der Waals surface area contributed by atoms with Crippen LogP contribution in [0.5, 0.6) is 5.75 Å². The van der Waals surface area contributed by atoms with Crippen LogP contribution in [-0.2, 0) is 14.9 Å². The van der Waals surface area contributed by atoms with Crippen LogP contribution in [-0.4, -0.2) is 19.2 Å². The Labute approximate surface area is 262 Å². The summed E-state index contributed by atoms with van der Waals surface area (Å²) < 4.78 is 25.5. The van der Waals surface area contributed by atoms with Crippen LogP contribution in [0.3, 0.4) is 0 Å². The van der Waals surface area contributed by atoms with Crippen LogP contribution in [0.4, 0.5) is 14.9 Å². The molecule has 1 saturated carbocycles. The number of amides is 1. The quantitative estimate of drug-likeness (QED) is 0.315. The Morgan fingerprint density at radius 2 is 1.73 bits per heavy atom. The van der Waals surface area contributed by atoms with Gasteiger partial charge in [0.2, 0.25) is 0 Å². The van der Waals surface area contributed by atoms with Crippen LogP contribution in [0.15, 0.2) is 72.8 Å². The fourth-order valence-electron chi connectivity index (χ4n) is 4.61. The van der Waals surface area contributed by atoms with Gasteiger partial charge in [0.15, 0.2) is 5.13 Å². The number of anilines is 1. The van der Waals surface area contributed by atoms with Crippen molar-refractivity contribution in [3.8, 4) is 27.3 Å². The first-order valence-corrected chi connectivity index (χ1v) is 13.4. The van der Waals surface area contributed by atoms with Gasteiger partial charge in [-0.25, -0.2) is 4.79 Å². The number of halogens is 2. The predicted octanol–water partition coefficient (Wildman–Crippen LogP) is 3.98. The Balaban J connectivity index is 0.00000370. The number of hydrogen-bond acceptors (Lipinski definition) is 6. The number of ether oxygens (including phenoxy) is 2. The molecule has 0 radical (unpaired) electrons. The molecule has 1 aromatic heterocycles. The summed E-state index contributed by atoms with van der Waals surface area (Å²) in [7, 11) is 1.54. The molecule has 4 aromatic rings. The normalized spacial score (nSPS) is 14.0. The molecular weight excluding hydrogens is 564 g/mol. The molecule has 1 aliphatic carbocycles. The molecule has 1 heterocycles. The molecule has 5 rings (SSSR count). The van der Waals surface area contributed by atoms with Crippen molar-refractivity contribution < 1.29 is 58.1 Å². The zero-order chi connectivity index (χ0) is 27.7. The maximum Gasteiger partial charge on any atom is 1.00 e. The largest absolute Gasteiger partial charge is 1.00 e. The second-order valence-electron chi connectivity index (χ2n) is 9.35. The Morgan fingerprint density at radius 3 is 2.35 bits per heavy atom. The average molecular weight is 588 g/mol. The number of nitrogens with one attached hydrogen (secondary N) is 1. The molecule has 0 aliphatic heterocycles. The standard InChI is InChI=1S/C30H25ClFNO5S.Na/c1-17(21-5-3-4-6-23(21)31)38-29(36)33-24-16-26(32)39-27(24)19-9-12-22(25(15-19)37-2)18-7-10-20(11-8-18)30(13-14-30)28(34)35;/h3-12,15-17H,13-14H2,1-2H3,(H,33,36)(H,34,35);/q;+1/p-1/t17-;/m1./s1. The molecule has 200 valence electrons. The Morgan fingerprint density at radius 1 is 1.05 bits per heavy atom. The summed E-state index contributed by atoms with van der Waals surface area (Å²) in [6, 6.07) is 21.0. The van der Waals surface area contributed by atoms with Crippen molar-refractivity contribution in [2.45, 2.75) is 31.3 Å². The van der Waals surface area contributed by atoms with Crippen LogP contribution in [0, 0.1) is 5.13 Å². The number of carboxylic acids is 1. The fourth-order valence-corrected chi connectivity index (χ4v) is 5.74. The van der Waals surface area contributed by atoms with Crippen molar-refractivity contribution in [3.63, 3.8) is 0 Å². The number of carbonyl (C=O) groups is 2. The van der Waals surface area contributed by atoms with Gasteiger partial charge in [0, 0.05) is 27.6 Å². The molecule has 0 spiro atoms. The van der Waals surface area contributed by atoms with Gasteiger partial charge in [-0.3, -0.25) is 5.32 Å². The van der Waals surface area contributed by atoms with E-state index in [1.54, 1.807) is 49.4 Å². The summed E-state index contributed by atoms with van der Waals surface area (Å²) in [6.45, 7) is 1.70. The van der Waals surface area contributed by atoms with E-state index in [0.717, 1.165) is 28.0 Å². The first-order chi connectivity index (χ1) is 18.7. The summed E-state index contributed by atoms with van der Waals surface area (Å²) >= 11 is 7.09. The summed E-state index contributed by atoms with van der Waals surface area (Å²) in [5, 5.41) is 14.2. The number of rotatable bonds is 8. The molecule has 1 aliphatic rings.